The van der Waals surface area contributed by atoms with Gasteiger partial charge in [0.05, 0.1) is 5.38 Å². The number of rotatable bonds is 3. The third-order valence-electron chi connectivity index (χ3n) is 3.91. The third-order valence-corrected chi connectivity index (χ3v) is 4.31. The molecule has 0 fully saturated rings. The van der Waals surface area contributed by atoms with E-state index in [0.717, 1.165) is 23.1 Å². The van der Waals surface area contributed by atoms with Crippen molar-refractivity contribution in [2.45, 2.75) is 53.3 Å². The van der Waals surface area contributed by atoms with Crippen molar-refractivity contribution in [2.24, 2.45) is 11.3 Å². The lowest BCUT2D eigenvalue weighted by molar-refractivity contribution is 0.245. The molecule has 0 amide bonds. The lowest BCUT2D eigenvalue weighted by Gasteiger charge is -2.29. The van der Waals surface area contributed by atoms with Gasteiger partial charge >= 0.3 is 0 Å². The van der Waals surface area contributed by atoms with Crippen molar-refractivity contribution in [3.05, 3.63) is 34.6 Å². The zero-order valence-corrected chi connectivity index (χ0v) is 13.0. The summed E-state index contributed by atoms with van der Waals surface area (Å²) in [6.45, 7) is 12.8. The topological polar surface area (TPSA) is 0 Å². The number of hydrogen-bond donors (Lipinski definition) is 0. The van der Waals surface area contributed by atoms with E-state index in [-0.39, 0.29) is 16.6 Å². The third kappa shape index (κ3) is 3.71. The Morgan fingerprint density at radius 1 is 1.17 bits per heavy atom. The summed E-state index contributed by atoms with van der Waals surface area (Å²) in [7, 11) is 0. The predicted molar refractivity (Wildman–Crippen MR) is 77.7 cm³/mol. The molecule has 1 rings (SSSR count). The van der Waals surface area contributed by atoms with Crippen LogP contribution in [0.15, 0.2) is 12.1 Å². The first kappa shape index (κ1) is 15.5. The first-order valence-corrected chi connectivity index (χ1v) is 6.97. The maximum absolute atomic E-state index is 13.3. The predicted octanol–water partition coefficient (Wildman–Crippen LogP) is 5.79. The van der Waals surface area contributed by atoms with Gasteiger partial charge in [-0.2, -0.15) is 0 Å². The molecule has 2 atom stereocenters. The van der Waals surface area contributed by atoms with Crippen molar-refractivity contribution >= 4 is 11.6 Å². The zero-order valence-electron chi connectivity index (χ0n) is 12.3. The molecule has 0 radical (unpaired) electrons. The van der Waals surface area contributed by atoms with Crippen LogP contribution in [0.2, 0.25) is 0 Å². The van der Waals surface area contributed by atoms with E-state index in [1.165, 1.54) is 0 Å². The van der Waals surface area contributed by atoms with Gasteiger partial charge in [-0.1, -0.05) is 27.7 Å². The second-order valence-corrected chi connectivity index (χ2v) is 6.95. The van der Waals surface area contributed by atoms with Gasteiger partial charge in [0.15, 0.2) is 0 Å². The summed E-state index contributed by atoms with van der Waals surface area (Å²) in [5, 5.41) is -0.0418. The van der Waals surface area contributed by atoms with Crippen molar-refractivity contribution < 1.29 is 4.39 Å². The Morgan fingerprint density at radius 3 is 2.00 bits per heavy atom. The second kappa shape index (κ2) is 5.61. The van der Waals surface area contributed by atoms with Gasteiger partial charge < -0.3 is 0 Å². The molecule has 0 saturated heterocycles. The molecular formula is C16H24ClF. The standard InChI is InChI=1S/C16H24ClF/c1-10-7-13(18)8-11(2)15(10)14(17)9-12(3)16(4,5)6/h7-8,12,14H,9H2,1-6H3. The van der Waals surface area contributed by atoms with Gasteiger partial charge in [-0.15, -0.1) is 11.6 Å². The van der Waals surface area contributed by atoms with Gasteiger partial charge in [-0.25, -0.2) is 4.39 Å². The summed E-state index contributed by atoms with van der Waals surface area (Å²) in [6, 6.07) is 3.14. The number of benzene rings is 1. The Morgan fingerprint density at radius 2 is 1.61 bits per heavy atom. The largest absolute Gasteiger partial charge is 0.207 e. The highest BCUT2D eigenvalue weighted by Gasteiger charge is 2.25. The van der Waals surface area contributed by atoms with Crippen molar-refractivity contribution in [3.8, 4) is 0 Å². The Balaban J connectivity index is 2.95. The molecule has 0 aliphatic heterocycles. The second-order valence-electron chi connectivity index (χ2n) is 6.42. The molecule has 102 valence electrons. The highest BCUT2D eigenvalue weighted by Crippen LogP contribution is 2.38. The molecule has 0 spiro atoms. The summed E-state index contributed by atoms with van der Waals surface area (Å²) in [4.78, 5) is 0. The molecule has 0 aliphatic carbocycles. The molecule has 1 aromatic carbocycles. The zero-order chi connectivity index (χ0) is 14.1. The molecule has 2 unspecified atom stereocenters. The molecule has 18 heavy (non-hydrogen) atoms. The molecular weight excluding hydrogens is 247 g/mol. The van der Waals surface area contributed by atoms with Gasteiger partial charge in [0.2, 0.25) is 0 Å². The first-order chi connectivity index (χ1) is 8.12. The number of halogens is 2. The highest BCUT2D eigenvalue weighted by atomic mass is 35.5. The van der Waals surface area contributed by atoms with Gasteiger partial charge in [-0.05, 0) is 60.4 Å². The Bertz CT molecular complexity index is 395. The van der Waals surface area contributed by atoms with E-state index in [1.54, 1.807) is 12.1 Å². The van der Waals surface area contributed by atoms with Crippen LogP contribution in [0.25, 0.3) is 0 Å². The Hall–Kier alpha value is -0.560. The fraction of sp³-hybridized carbons (Fsp3) is 0.625. The van der Waals surface area contributed by atoms with Crippen LogP contribution in [0.1, 0.15) is 56.2 Å². The molecule has 0 N–H and O–H groups in total. The average molecular weight is 271 g/mol. The number of hydrogen-bond acceptors (Lipinski definition) is 0. The highest BCUT2D eigenvalue weighted by molar-refractivity contribution is 6.21. The number of aryl methyl sites for hydroxylation is 2. The lowest BCUT2D eigenvalue weighted by atomic mass is 9.78. The van der Waals surface area contributed by atoms with Crippen molar-refractivity contribution in [1.29, 1.82) is 0 Å². The maximum atomic E-state index is 13.3. The van der Waals surface area contributed by atoms with Gasteiger partial charge in [0.1, 0.15) is 5.82 Å². The van der Waals surface area contributed by atoms with Crippen LogP contribution in [0.5, 0.6) is 0 Å². The molecule has 2 heteroatoms. The summed E-state index contributed by atoms with van der Waals surface area (Å²) >= 11 is 6.55. The molecule has 0 bridgehead atoms. The van der Waals surface area contributed by atoms with Gasteiger partial charge in [0.25, 0.3) is 0 Å². The van der Waals surface area contributed by atoms with Gasteiger partial charge in [-0.3, -0.25) is 0 Å². The lowest BCUT2D eigenvalue weighted by Crippen LogP contribution is -2.19. The minimum absolute atomic E-state index is 0.0418. The van der Waals surface area contributed by atoms with Crippen LogP contribution < -0.4 is 0 Å². The first-order valence-electron chi connectivity index (χ1n) is 6.53. The van der Waals surface area contributed by atoms with E-state index < -0.39 is 0 Å². The quantitative estimate of drug-likeness (QED) is 0.610. The van der Waals surface area contributed by atoms with Crippen LogP contribution in [-0.2, 0) is 0 Å². The molecule has 0 saturated carbocycles. The van der Waals surface area contributed by atoms with E-state index in [9.17, 15) is 4.39 Å². The van der Waals surface area contributed by atoms with Crippen LogP contribution in [0.3, 0.4) is 0 Å². The van der Waals surface area contributed by atoms with Crippen LogP contribution >= 0.6 is 11.6 Å². The number of alkyl halides is 1. The molecule has 0 nitrogen and oxygen atoms in total. The summed E-state index contributed by atoms with van der Waals surface area (Å²) in [5.41, 5.74) is 3.24. The van der Waals surface area contributed by atoms with E-state index >= 15 is 0 Å². The van der Waals surface area contributed by atoms with E-state index in [2.05, 4.69) is 27.7 Å². The summed E-state index contributed by atoms with van der Waals surface area (Å²) < 4.78 is 13.3. The Kier molecular flexibility index (Phi) is 4.83. The van der Waals surface area contributed by atoms with E-state index in [4.69, 9.17) is 11.6 Å². The monoisotopic (exact) mass is 270 g/mol. The molecule has 0 aromatic heterocycles. The SMILES string of the molecule is Cc1cc(F)cc(C)c1C(Cl)CC(C)C(C)(C)C. The van der Waals surface area contributed by atoms with Crippen LogP contribution in [-0.4, -0.2) is 0 Å². The fourth-order valence-corrected chi connectivity index (χ4v) is 2.81. The Labute approximate surface area is 116 Å². The maximum Gasteiger partial charge on any atom is 0.123 e. The van der Waals surface area contributed by atoms with Crippen LogP contribution in [0, 0.1) is 31.0 Å². The summed E-state index contributed by atoms with van der Waals surface area (Å²) in [6.07, 6.45) is 0.915. The normalized spacial score (nSPS) is 15.6. The van der Waals surface area contributed by atoms with Crippen molar-refractivity contribution in [1.82, 2.24) is 0 Å². The fourth-order valence-electron chi connectivity index (χ4n) is 2.20. The molecule has 1 aromatic rings. The van der Waals surface area contributed by atoms with Crippen molar-refractivity contribution in [2.75, 3.05) is 0 Å². The van der Waals surface area contributed by atoms with E-state index in [1.807, 2.05) is 13.8 Å². The molecule has 0 aliphatic rings. The van der Waals surface area contributed by atoms with E-state index in [0.29, 0.717) is 5.92 Å². The van der Waals surface area contributed by atoms with Gasteiger partial charge in [0, 0.05) is 0 Å². The minimum Gasteiger partial charge on any atom is -0.207 e. The smallest absolute Gasteiger partial charge is 0.123 e. The van der Waals surface area contributed by atoms with Crippen molar-refractivity contribution in [3.63, 3.8) is 0 Å². The summed E-state index contributed by atoms with van der Waals surface area (Å²) in [5.74, 6) is 0.338. The molecule has 0 heterocycles. The van der Waals surface area contributed by atoms with Crippen LogP contribution in [0.4, 0.5) is 4.39 Å². The average Bonchev–Trinajstić information content (AvgIpc) is 2.13. The minimum atomic E-state index is -0.179.